The summed E-state index contributed by atoms with van der Waals surface area (Å²) < 4.78 is 5.56. The Bertz CT molecular complexity index is 457. The van der Waals surface area contributed by atoms with Gasteiger partial charge in [-0.1, -0.05) is 38.8 Å². The van der Waals surface area contributed by atoms with Crippen LogP contribution >= 0.6 is 0 Å². The van der Waals surface area contributed by atoms with Crippen molar-refractivity contribution in [3.63, 3.8) is 0 Å². The first-order valence-electron chi connectivity index (χ1n) is 8.22. The Balaban J connectivity index is 1.50. The highest BCUT2D eigenvalue weighted by Crippen LogP contribution is 2.29. The van der Waals surface area contributed by atoms with Crippen molar-refractivity contribution in [1.29, 1.82) is 0 Å². The minimum atomic E-state index is 0.719. The maximum absolute atomic E-state index is 5.56. The molecule has 2 heteroatoms. The second kappa shape index (κ2) is 6.17. The molecular formula is C18H27NO. The van der Waals surface area contributed by atoms with Gasteiger partial charge < -0.3 is 10.1 Å². The molecule has 0 aromatic heterocycles. The summed E-state index contributed by atoms with van der Waals surface area (Å²) >= 11 is 0. The van der Waals surface area contributed by atoms with Crippen LogP contribution in [0.15, 0.2) is 18.2 Å². The van der Waals surface area contributed by atoms with E-state index in [1.54, 1.807) is 0 Å². The van der Waals surface area contributed by atoms with Crippen molar-refractivity contribution in [2.24, 2.45) is 11.8 Å². The Labute approximate surface area is 122 Å². The van der Waals surface area contributed by atoms with E-state index in [1.165, 1.54) is 30.4 Å². The first kappa shape index (κ1) is 13.9. The highest BCUT2D eigenvalue weighted by atomic mass is 16.5. The smallest absolute Gasteiger partial charge is 0.122 e. The molecule has 0 bridgehead atoms. The zero-order valence-electron chi connectivity index (χ0n) is 12.8. The molecule has 110 valence electrons. The average Bonchev–Trinajstić information content (AvgIpc) is 2.91. The minimum absolute atomic E-state index is 0.719. The van der Waals surface area contributed by atoms with E-state index in [9.17, 15) is 0 Å². The molecule has 1 fully saturated rings. The van der Waals surface area contributed by atoms with Crippen molar-refractivity contribution in [2.75, 3.05) is 13.2 Å². The fourth-order valence-corrected chi connectivity index (χ4v) is 3.67. The van der Waals surface area contributed by atoms with E-state index in [0.717, 1.165) is 49.6 Å². The molecule has 1 aromatic carbocycles. The van der Waals surface area contributed by atoms with Gasteiger partial charge in [-0.25, -0.2) is 0 Å². The van der Waals surface area contributed by atoms with E-state index in [0.29, 0.717) is 0 Å². The van der Waals surface area contributed by atoms with Gasteiger partial charge in [0.2, 0.25) is 0 Å². The first-order chi connectivity index (χ1) is 9.74. The number of hydrogen-bond acceptors (Lipinski definition) is 2. The molecule has 0 radical (unpaired) electrons. The summed E-state index contributed by atoms with van der Waals surface area (Å²) in [6.45, 7) is 6.77. The molecule has 1 heterocycles. The molecule has 0 saturated heterocycles. The number of benzene rings is 1. The zero-order valence-corrected chi connectivity index (χ0v) is 12.8. The number of rotatable bonds is 4. The highest BCUT2D eigenvalue weighted by Gasteiger charge is 2.26. The third-order valence-electron chi connectivity index (χ3n) is 5.28. The average molecular weight is 273 g/mol. The topological polar surface area (TPSA) is 21.3 Å². The predicted octanol–water partition coefficient (Wildman–Crippen LogP) is 3.58. The lowest BCUT2D eigenvalue weighted by molar-refractivity contribution is 0.208. The van der Waals surface area contributed by atoms with E-state index in [-0.39, 0.29) is 0 Å². The van der Waals surface area contributed by atoms with Gasteiger partial charge in [-0.15, -0.1) is 0 Å². The van der Waals surface area contributed by atoms with E-state index in [1.807, 2.05) is 0 Å². The van der Waals surface area contributed by atoms with Crippen LogP contribution in [0.5, 0.6) is 5.75 Å². The summed E-state index contributed by atoms with van der Waals surface area (Å²) in [5, 5.41) is 3.79. The van der Waals surface area contributed by atoms with Gasteiger partial charge in [-0.05, 0) is 48.4 Å². The monoisotopic (exact) mass is 273 g/mol. The van der Waals surface area contributed by atoms with Crippen LogP contribution in [0.25, 0.3) is 0 Å². The van der Waals surface area contributed by atoms with E-state index >= 15 is 0 Å². The number of fused-ring (bicyclic) bond motifs is 1. The number of nitrogens with one attached hydrogen (secondary N) is 1. The Morgan fingerprint density at radius 3 is 3.05 bits per heavy atom. The molecule has 1 aliphatic carbocycles. The van der Waals surface area contributed by atoms with Gasteiger partial charge in [-0.2, -0.15) is 0 Å². The Kier molecular flexibility index (Phi) is 4.30. The second-order valence-electron chi connectivity index (χ2n) is 6.62. The molecule has 2 nitrogen and oxygen atoms in total. The predicted molar refractivity (Wildman–Crippen MR) is 83.3 cm³/mol. The largest absolute Gasteiger partial charge is 0.493 e. The minimum Gasteiger partial charge on any atom is -0.493 e. The van der Waals surface area contributed by atoms with Gasteiger partial charge in [0.25, 0.3) is 0 Å². The fraction of sp³-hybridized carbons (Fsp3) is 0.667. The van der Waals surface area contributed by atoms with Crippen molar-refractivity contribution >= 4 is 0 Å². The fourth-order valence-electron chi connectivity index (χ4n) is 3.67. The maximum Gasteiger partial charge on any atom is 0.122 e. The third kappa shape index (κ3) is 3.01. The molecule has 0 amide bonds. The third-order valence-corrected chi connectivity index (χ3v) is 5.28. The van der Waals surface area contributed by atoms with Crippen LogP contribution in [-0.2, 0) is 12.8 Å². The molecule has 0 spiro atoms. The van der Waals surface area contributed by atoms with Crippen LogP contribution in [-0.4, -0.2) is 19.2 Å². The summed E-state index contributed by atoms with van der Waals surface area (Å²) in [5.74, 6) is 2.78. The van der Waals surface area contributed by atoms with Gasteiger partial charge in [0.1, 0.15) is 5.75 Å². The first-order valence-corrected chi connectivity index (χ1v) is 8.22. The van der Waals surface area contributed by atoms with Crippen molar-refractivity contribution < 1.29 is 4.74 Å². The lowest BCUT2D eigenvalue weighted by Crippen LogP contribution is -2.41. The molecular weight excluding hydrogens is 246 g/mol. The molecule has 1 saturated carbocycles. The van der Waals surface area contributed by atoms with Gasteiger partial charge in [0.15, 0.2) is 0 Å². The molecule has 3 atom stereocenters. The van der Waals surface area contributed by atoms with Crippen LogP contribution in [0, 0.1) is 11.8 Å². The quantitative estimate of drug-likeness (QED) is 0.905. The summed E-state index contributed by atoms with van der Waals surface area (Å²) in [4.78, 5) is 0. The Morgan fingerprint density at radius 1 is 1.25 bits per heavy atom. The summed E-state index contributed by atoms with van der Waals surface area (Å²) in [5.41, 5.74) is 2.83. The molecule has 3 unspecified atom stereocenters. The molecule has 1 aromatic rings. The Hall–Kier alpha value is -1.02. The lowest BCUT2D eigenvalue weighted by atomic mass is 9.78. The van der Waals surface area contributed by atoms with Gasteiger partial charge in [-0.3, -0.25) is 0 Å². The highest BCUT2D eigenvalue weighted by molar-refractivity contribution is 5.39. The van der Waals surface area contributed by atoms with Gasteiger partial charge in [0, 0.05) is 12.5 Å². The van der Waals surface area contributed by atoms with Gasteiger partial charge in [0.05, 0.1) is 6.61 Å². The molecule has 1 N–H and O–H groups in total. The second-order valence-corrected chi connectivity index (χ2v) is 6.62. The normalized spacial score (nSPS) is 29.0. The number of hydrogen-bond donors (Lipinski definition) is 1. The Morgan fingerprint density at radius 2 is 2.15 bits per heavy atom. The molecule has 1 aliphatic heterocycles. The molecule has 2 aliphatic rings. The van der Waals surface area contributed by atoms with Crippen molar-refractivity contribution in [3.8, 4) is 5.75 Å². The zero-order chi connectivity index (χ0) is 13.9. The van der Waals surface area contributed by atoms with Crippen molar-refractivity contribution in [1.82, 2.24) is 5.32 Å². The van der Waals surface area contributed by atoms with Crippen LogP contribution in [0.2, 0.25) is 0 Å². The lowest BCUT2D eigenvalue weighted by Gasteiger charge is -2.34. The van der Waals surface area contributed by atoms with Crippen LogP contribution in [0.3, 0.4) is 0 Å². The van der Waals surface area contributed by atoms with Crippen LogP contribution in [0.1, 0.15) is 44.2 Å². The maximum atomic E-state index is 5.56. The summed E-state index contributed by atoms with van der Waals surface area (Å²) in [6, 6.07) is 7.41. The summed E-state index contributed by atoms with van der Waals surface area (Å²) in [7, 11) is 0. The van der Waals surface area contributed by atoms with Crippen LogP contribution < -0.4 is 10.1 Å². The van der Waals surface area contributed by atoms with E-state index < -0.39 is 0 Å². The standard InChI is InChI=1S/C18H27NO/c1-13-4-3-5-17(14(13)2)19-10-8-15-6-7-18-16(12-15)9-11-20-18/h6-7,12-14,17,19H,3-5,8-11H2,1-2H3. The van der Waals surface area contributed by atoms with Crippen LogP contribution in [0.4, 0.5) is 0 Å². The molecule has 3 rings (SSSR count). The van der Waals surface area contributed by atoms with Crippen molar-refractivity contribution in [3.05, 3.63) is 29.3 Å². The van der Waals surface area contributed by atoms with E-state index in [4.69, 9.17) is 4.74 Å². The molecule has 20 heavy (non-hydrogen) atoms. The SMILES string of the molecule is CC1CCCC(NCCc2ccc3c(c2)CCO3)C1C. The van der Waals surface area contributed by atoms with Crippen molar-refractivity contribution in [2.45, 2.75) is 52.0 Å². The van der Waals surface area contributed by atoms with Gasteiger partial charge >= 0.3 is 0 Å². The summed E-state index contributed by atoms with van der Waals surface area (Å²) in [6.07, 6.45) is 6.35. The number of ether oxygens (including phenoxy) is 1. The van der Waals surface area contributed by atoms with E-state index in [2.05, 4.69) is 37.4 Å².